The molecule has 7 heteroatoms. The van der Waals surface area contributed by atoms with Crippen LogP contribution in [0.15, 0.2) is 23.1 Å². The van der Waals surface area contributed by atoms with Gasteiger partial charge in [0, 0.05) is 24.6 Å². The second kappa shape index (κ2) is 6.26. The number of nitrogens with one attached hydrogen (secondary N) is 1. The van der Waals surface area contributed by atoms with Crippen molar-refractivity contribution in [3.05, 3.63) is 18.2 Å². The van der Waals surface area contributed by atoms with E-state index in [9.17, 15) is 13.5 Å². The Kier molecular flexibility index (Phi) is 5.25. The van der Waals surface area contributed by atoms with Crippen molar-refractivity contribution >= 4 is 27.1 Å². The van der Waals surface area contributed by atoms with Gasteiger partial charge in [-0.15, -0.1) is 11.6 Å². The van der Waals surface area contributed by atoms with E-state index < -0.39 is 15.9 Å². The first-order valence-corrected chi connectivity index (χ1v) is 7.66. The molecule has 0 amide bonds. The van der Waals surface area contributed by atoms with Gasteiger partial charge in [0.1, 0.15) is 5.75 Å². The summed E-state index contributed by atoms with van der Waals surface area (Å²) in [5, 5.41) is 12.2. The number of aliphatic hydroxyl groups excluding tert-OH is 1. The zero-order valence-electron chi connectivity index (χ0n) is 10.2. The largest absolute Gasteiger partial charge is 0.497 e. The molecule has 0 aromatic heterocycles. The predicted octanol–water partition coefficient (Wildman–Crippen LogP) is 1.11. The normalized spacial score (nSPS) is 13.1. The average Bonchev–Trinajstić information content (AvgIpc) is 2.34. The number of aliphatic hydroxyl groups is 1. The number of rotatable bonds is 6. The van der Waals surface area contributed by atoms with Gasteiger partial charge in [0.2, 0.25) is 0 Å². The van der Waals surface area contributed by atoms with Crippen LogP contribution >= 0.6 is 11.6 Å². The Morgan fingerprint density at radius 2 is 2.11 bits per heavy atom. The second-order valence-electron chi connectivity index (χ2n) is 3.86. The van der Waals surface area contributed by atoms with Crippen molar-refractivity contribution in [1.29, 1.82) is 0 Å². The zero-order valence-corrected chi connectivity index (χ0v) is 11.8. The summed E-state index contributed by atoms with van der Waals surface area (Å²) in [4.78, 5) is 0.157. The zero-order chi connectivity index (χ0) is 13.8. The van der Waals surface area contributed by atoms with Crippen molar-refractivity contribution in [2.75, 3.05) is 31.1 Å². The molecule has 1 unspecified atom stereocenters. The van der Waals surface area contributed by atoms with Crippen LogP contribution in [0.3, 0.4) is 0 Å². The summed E-state index contributed by atoms with van der Waals surface area (Å²) in [7, 11) is -1.85. The fourth-order valence-corrected chi connectivity index (χ4v) is 2.08. The molecule has 1 atom stereocenters. The highest BCUT2D eigenvalue weighted by Crippen LogP contribution is 2.23. The number of anilines is 1. The standard InChI is InChI=1S/C11H16ClNO4S/c1-17-10-3-8(13-7-9(14)6-12)4-11(5-10)18(2,15)16/h3-5,9,13-14H,6-7H2,1-2H3. The number of ether oxygens (including phenoxy) is 1. The van der Waals surface area contributed by atoms with Gasteiger partial charge in [-0.05, 0) is 12.1 Å². The first kappa shape index (κ1) is 15.1. The van der Waals surface area contributed by atoms with Gasteiger partial charge in [-0.25, -0.2) is 8.42 Å². The molecular weight excluding hydrogens is 278 g/mol. The van der Waals surface area contributed by atoms with E-state index in [2.05, 4.69) is 5.32 Å². The van der Waals surface area contributed by atoms with Crippen LogP contribution in [0.5, 0.6) is 5.75 Å². The third kappa shape index (κ3) is 4.36. The fraction of sp³-hybridized carbons (Fsp3) is 0.455. The van der Waals surface area contributed by atoms with Gasteiger partial charge in [-0.1, -0.05) is 0 Å². The molecule has 0 aliphatic carbocycles. The summed E-state index contributed by atoms with van der Waals surface area (Å²) in [6.45, 7) is 0.236. The van der Waals surface area contributed by atoms with Crippen LogP contribution in [-0.4, -0.2) is 45.4 Å². The van der Waals surface area contributed by atoms with E-state index in [0.717, 1.165) is 6.26 Å². The lowest BCUT2D eigenvalue weighted by Crippen LogP contribution is -2.20. The van der Waals surface area contributed by atoms with E-state index >= 15 is 0 Å². The van der Waals surface area contributed by atoms with Gasteiger partial charge >= 0.3 is 0 Å². The molecule has 18 heavy (non-hydrogen) atoms. The number of benzene rings is 1. The molecule has 2 N–H and O–H groups in total. The van der Waals surface area contributed by atoms with Gasteiger partial charge in [0.25, 0.3) is 0 Å². The molecule has 1 aromatic carbocycles. The Morgan fingerprint density at radius 1 is 1.44 bits per heavy atom. The molecule has 1 rings (SSSR count). The van der Waals surface area contributed by atoms with Crippen LogP contribution in [0.2, 0.25) is 0 Å². The minimum Gasteiger partial charge on any atom is -0.497 e. The smallest absolute Gasteiger partial charge is 0.175 e. The number of alkyl halides is 1. The van der Waals surface area contributed by atoms with Crippen molar-refractivity contribution in [3.63, 3.8) is 0 Å². The Balaban J connectivity index is 2.98. The first-order valence-electron chi connectivity index (χ1n) is 5.24. The fourth-order valence-electron chi connectivity index (χ4n) is 1.30. The van der Waals surface area contributed by atoms with Gasteiger partial charge in [0.05, 0.1) is 24.0 Å². The molecule has 0 bridgehead atoms. The summed E-state index contributed by atoms with van der Waals surface area (Å²) in [5.74, 6) is 0.538. The van der Waals surface area contributed by atoms with E-state index in [1.807, 2.05) is 0 Å². The molecule has 5 nitrogen and oxygen atoms in total. The number of halogens is 1. The Bertz CT molecular complexity index is 504. The number of sulfone groups is 1. The van der Waals surface area contributed by atoms with Crippen molar-refractivity contribution in [2.45, 2.75) is 11.0 Å². The Morgan fingerprint density at radius 3 is 2.61 bits per heavy atom. The van der Waals surface area contributed by atoms with Gasteiger partial charge in [0.15, 0.2) is 9.84 Å². The van der Waals surface area contributed by atoms with Crippen molar-refractivity contribution < 1.29 is 18.3 Å². The lowest BCUT2D eigenvalue weighted by Gasteiger charge is -2.12. The maximum absolute atomic E-state index is 11.5. The topological polar surface area (TPSA) is 75.6 Å². The van der Waals surface area contributed by atoms with Crippen LogP contribution in [0.4, 0.5) is 5.69 Å². The Hall–Kier alpha value is -0.980. The molecule has 0 saturated heterocycles. The van der Waals surface area contributed by atoms with Crippen molar-refractivity contribution in [3.8, 4) is 5.75 Å². The van der Waals surface area contributed by atoms with Crippen LogP contribution < -0.4 is 10.1 Å². The second-order valence-corrected chi connectivity index (χ2v) is 6.18. The summed E-state index contributed by atoms with van der Waals surface area (Å²) in [5.41, 5.74) is 0.555. The summed E-state index contributed by atoms with van der Waals surface area (Å²) in [6.07, 6.45) is 0.429. The molecule has 0 heterocycles. The molecule has 0 fully saturated rings. The third-order valence-electron chi connectivity index (χ3n) is 2.26. The van der Waals surface area contributed by atoms with Gasteiger partial charge < -0.3 is 15.2 Å². The predicted molar refractivity (Wildman–Crippen MR) is 71.3 cm³/mol. The minimum atomic E-state index is -3.31. The summed E-state index contributed by atoms with van der Waals surface area (Å²) < 4.78 is 28.0. The van der Waals surface area contributed by atoms with Crippen LogP contribution in [0.1, 0.15) is 0 Å². The number of hydrogen-bond donors (Lipinski definition) is 2. The molecule has 1 aromatic rings. The van der Waals surface area contributed by atoms with E-state index in [1.54, 1.807) is 6.07 Å². The van der Waals surface area contributed by atoms with E-state index in [0.29, 0.717) is 11.4 Å². The molecule has 0 saturated carbocycles. The monoisotopic (exact) mass is 293 g/mol. The van der Waals surface area contributed by atoms with Crippen molar-refractivity contribution in [1.82, 2.24) is 0 Å². The Labute approximate surface area is 112 Å². The maximum Gasteiger partial charge on any atom is 0.175 e. The summed E-state index contributed by atoms with van der Waals surface area (Å²) >= 11 is 5.47. The minimum absolute atomic E-state index is 0.107. The van der Waals surface area contributed by atoms with Crippen LogP contribution in [0.25, 0.3) is 0 Å². The highest BCUT2D eigenvalue weighted by atomic mass is 35.5. The maximum atomic E-state index is 11.5. The summed E-state index contributed by atoms with van der Waals surface area (Å²) in [6, 6.07) is 4.58. The SMILES string of the molecule is COc1cc(NCC(O)CCl)cc(S(C)(=O)=O)c1. The van der Waals surface area contributed by atoms with Crippen molar-refractivity contribution in [2.24, 2.45) is 0 Å². The lowest BCUT2D eigenvalue weighted by molar-refractivity contribution is 0.211. The molecule has 0 aliphatic rings. The lowest BCUT2D eigenvalue weighted by atomic mass is 10.3. The number of methoxy groups -OCH3 is 1. The van der Waals surface area contributed by atoms with E-state index in [-0.39, 0.29) is 17.3 Å². The molecule has 0 radical (unpaired) electrons. The van der Waals surface area contributed by atoms with Crippen LogP contribution in [-0.2, 0) is 9.84 Å². The highest BCUT2D eigenvalue weighted by Gasteiger charge is 2.11. The highest BCUT2D eigenvalue weighted by molar-refractivity contribution is 7.90. The van der Waals surface area contributed by atoms with E-state index in [4.69, 9.17) is 16.3 Å². The number of hydrogen-bond acceptors (Lipinski definition) is 5. The average molecular weight is 294 g/mol. The molecule has 0 aliphatic heterocycles. The van der Waals surface area contributed by atoms with Gasteiger partial charge in [-0.3, -0.25) is 0 Å². The molecule has 102 valence electrons. The quantitative estimate of drug-likeness (QED) is 0.769. The molecular formula is C11H16ClNO4S. The van der Waals surface area contributed by atoms with Gasteiger partial charge in [-0.2, -0.15) is 0 Å². The first-order chi connectivity index (χ1) is 8.36. The van der Waals surface area contributed by atoms with E-state index in [1.165, 1.54) is 19.2 Å². The molecule has 0 spiro atoms. The van der Waals surface area contributed by atoms with Crippen LogP contribution in [0, 0.1) is 0 Å². The third-order valence-corrected chi connectivity index (χ3v) is 3.71.